The van der Waals surface area contributed by atoms with Crippen molar-refractivity contribution < 1.29 is 17.9 Å². The molecule has 0 atom stereocenters. The van der Waals surface area contributed by atoms with E-state index in [1.807, 2.05) is 31.2 Å². The van der Waals surface area contributed by atoms with E-state index in [0.717, 1.165) is 24.2 Å². The average molecular weight is 333 g/mol. The standard InChI is InChI=1S/C17H19NO4S/c1-2-21-17-10-9-15(23(18,19)20)11-16(17)12-3-5-13(6-4-12)22-14-7-8-14/h3-6,9-11,14H,2,7-8H2,1H3,(H2,18,19,20). The zero-order valence-electron chi connectivity index (χ0n) is 12.9. The summed E-state index contributed by atoms with van der Waals surface area (Å²) < 4.78 is 34.5. The maximum atomic E-state index is 11.6. The van der Waals surface area contributed by atoms with Crippen LogP contribution >= 0.6 is 0 Å². The van der Waals surface area contributed by atoms with Gasteiger partial charge in [0.05, 0.1) is 17.6 Å². The van der Waals surface area contributed by atoms with Gasteiger partial charge in [-0.1, -0.05) is 12.1 Å². The third kappa shape index (κ3) is 3.83. The Kier molecular flexibility index (Phi) is 4.28. The zero-order chi connectivity index (χ0) is 16.4. The fourth-order valence-corrected chi connectivity index (χ4v) is 2.82. The maximum Gasteiger partial charge on any atom is 0.238 e. The molecule has 0 amide bonds. The third-order valence-electron chi connectivity index (χ3n) is 3.57. The van der Waals surface area contributed by atoms with Crippen LogP contribution in [0.2, 0.25) is 0 Å². The molecule has 5 nitrogen and oxygen atoms in total. The first kappa shape index (κ1) is 15.8. The number of hydrogen-bond acceptors (Lipinski definition) is 4. The quantitative estimate of drug-likeness (QED) is 0.881. The number of benzene rings is 2. The van der Waals surface area contributed by atoms with Gasteiger partial charge in [-0.25, -0.2) is 13.6 Å². The molecule has 0 bridgehead atoms. The number of rotatable bonds is 6. The third-order valence-corrected chi connectivity index (χ3v) is 4.48. The Hall–Kier alpha value is -2.05. The van der Waals surface area contributed by atoms with E-state index in [4.69, 9.17) is 14.6 Å². The molecule has 0 spiro atoms. The highest BCUT2D eigenvalue weighted by Crippen LogP contribution is 2.34. The number of hydrogen-bond donors (Lipinski definition) is 1. The van der Waals surface area contributed by atoms with Crippen LogP contribution in [0.3, 0.4) is 0 Å². The Morgan fingerprint density at radius 3 is 2.39 bits per heavy atom. The summed E-state index contributed by atoms with van der Waals surface area (Å²) in [6, 6.07) is 12.2. The van der Waals surface area contributed by atoms with Crippen molar-refractivity contribution in [3.05, 3.63) is 42.5 Å². The predicted molar refractivity (Wildman–Crippen MR) is 88.1 cm³/mol. The van der Waals surface area contributed by atoms with Crippen LogP contribution in [0.15, 0.2) is 47.4 Å². The van der Waals surface area contributed by atoms with Crippen molar-refractivity contribution in [2.75, 3.05) is 6.61 Å². The van der Waals surface area contributed by atoms with Crippen LogP contribution in [0.25, 0.3) is 11.1 Å². The van der Waals surface area contributed by atoms with Gasteiger partial charge in [0.15, 0.2) is 0 Å². The normalized spacial score (nSPS) is 14.5. The average Bonchev–Trinajstić information content (AvgIpc) is 3.32. The van der Waals surface area contributed by atoms with Gasteiger partial charge in [-0.15, -0.1) is 0 Å². The van der Waals surface area contributed by atoms with Crippen molar-refractivity contribution in [2.45, 2.75) is 30.8 Å². The number of nitrogens with two attached hydrogens (primary N) is 1. The zero-order valence-corrected chi connectivity index (χ0v) is 13.7. The molecule has 2 N–H and O–H groups in total. The Bertz CT molecular complexity index is 796. The van der Waals surface area contributed by atoms with Crippen LogP contribution < -0.4 is 14.6 Å². The van der Waals surface area contributed by atoms with Gasteiger partial charge in [0, 0.05) is 5.56 Å². The van der Waals surface area contributed by atoms with Crippen LogP contribution in [0.1, 0.15) is 19.8 Å². The van der Waals surface area contributed by atoms with Crippen LogP contribution in [-0.2, 0) is 10.0 Å². The summed E-state index contributed by atoms with van der Waals surface area (Å²) in [7, 11) is -3.76. The lowest BCUT2D eigenvalue weighted by Gasteiger charge is -2.12. The number of primary sulfonamides is 1. The molecule has 1 fully saturated rings. The molecule has 6 heteroatoms. The largest absolute Gasteiger partial charge is 0.493 e. The first-order chi connectivity index (χ1) is 11.0. The molecule has 122 valence electrons. The molecule has 0 saturated heterocycles. The summed E-state index contributed by atoms with van der Waals surface area (Å²) >= 11 is 0. The molecule has 2 aromatic rings. The van der Waals surface area contributed by atoms with Gasteiger partial charge in [-0.05, 0) is 55.7 Å². The van der Waals surface area contributed by atoms with Gasteiger partial charge in [-0.2, -0.15) is 0 Å². The first-order valence-electron chi connectivity index (χ1n) is 7.54. The first-order valence-corrected chi connectivity index (χ1v) is 9.09. The van der Waals surface area contributed by atoms with Crippen molar-refractivity contribution in [3.63, 3.8) is 0 Å². The van der Waals surface area contributed by atoms with Crippen LogP contribution in [0.5, 0.6) is 11.5 Å². The smallest absolute Gasteiger partial charge is 0.238 e. The van der Waals surface area contributed by atoms with Crippen molar-refractivity contribution >= 4 is 10.0 Å². The molecule has 0 aromatic heterocycles. The van der Waals surface area contributed by atoms with Gasteiger partial charge in [-0.3, -0.25) is 0 Å². The Labute approximate surface area is 136 Å². The second kappa shape index (κ2) is 6.22. The van der Waals surface area contributed by atoms with Crippen molar-refractivity contribution in [1.82, 2.24) is 0 Å². The Morgan fingerprint density at radius 1 is 1.13 bits per heavy atom. The molecular formula is C17H19NO4S. The van der Waals surface area contributed by atoms with E-state index in [9.17, 15) is 8.42 Å². The molecule has 0 unspecified atom stereocenters. The Balaban J connectivity index is 1.97. The van der Waals surface area contributed by atoms with E-state index in [-0.39, 0.29) is 4.90 Å². The summed E-state index contributed by atoms with van der Waals surface area (Å²) in [4.78, 5) is 0.0641. The molecular weight excluding hydrogens is 314 g/mol. The van der Waals surface area contributed by atoms with Crippen LogP contribution in [-0.4, -0.2) is 21.1 Å². The molecule has 1 aliphatic carbocycles. The molecule has 3 rings (SSSR count). The van der Waals surface area contributed by atoms with Crippen LogP contribution in [0, 0.1) is 0 Å². The second-order valence-corrected chi connectivity index (χ2v) is 7.04. The molecule has 1 aliphatic rings. The molecule has 0 aliphatic heterocycles. The van der Waals surface area contributed by atoms with E-state index >= 15 is 0 Å². The predicted octanol–water partition coefficient (Wildman–Crippen LogP) is 2.94. The van der Waals surface area contributed by atoms with E-state index in [1.54, 1.807) is 6.07 Å². The van der Waals surface area contributed by atoms with E-state index in [1.165, 1.54) is 12.1 Å². The van der Waals surface area contributed by atoms with E-state index in [2.05, 4.69) is 0 Å². The fourth-order valence-electron chi connectivity index (χ4n) is 2.28. The summed E-state index contributed by atoms with van der Waals surface area (Å²) in [5.74, 6) is 1.44. The topological polar surface area (TPSA) is 78.6 Å². The van der Waals surface area contributed by atoms with Gasteiger partial charge in [0.25, 0.3) is 0 Å². The minimum atomic E-state index is -3.76. The lowest BCUT2D eigenvalue weighted by atomic mass is 10.0. The van der Waals surface area contributed by atoms with Crippen molar-refractivity contribution in [2.24, 2.45) is 5.14 Å². The van der Waals surface area contributed by atoms with Crippen molar-refractivity contribution in [1.29, 1.82) is 0 Å². The lowest BCUT2D eigenvalue weighted by Crippen LogP contribution is -2.12. The molecule has 23 heavy (non-hydrogen) atoms. The molecule has 2 aromatic carbocycles. The Morgan fingerprint density at radius 2 is 1.83 bits per heavy atom. The van der Waals surface area contributed by atoms with Gasteiger partial charge < -0.3 is 9.47 Å². The van der Waals surface area contributed by atoms with Crippen LogP contribution in [0.4, 0.5) is 0 Å². The molecule has 1 saturated carbocycles. The summed E-state index contributed by atoms with van der Waals surface area (Å²) in [6.45, 7) is 2.37. The lowest BCUT2D eigenvalue weighted by molar-refractivity contribution is 0.303. The van der Waals surface area contributed by atoms with E-state index in [0.29, 0.717) is 24.0 Å². The minimum Gasteiger partial charge on any atom is -0.493 e. The summed E-state index contributed by atoms with van der Waals surface area (Å²) in [5.41, 5.74) is 1.54. The summed E-state index contributed by atoms with van der Waals surface area (Å²) in [6.07, 6.45) is 2.55. The monoisotopic (exact) mass is 333 g/mol. The van der Waals surface area contributed by atoms with Crippen molar-refractivity contribution in [3.8, 4) is 22.6 Å². The van der Waals surface area contributed by atoms with Gasteiger partial charge >= 0.3 is 0 Å². The number of ether oxygens (including phenoxy) is 2. The van der Waals surface area contributed by atoms with Gasteiger partial charge in [0.1, 0.15) is 11.5 Å². The molecule has 0 heterocycles. The fraction of sp³-hybridized carbons (Fsp3) is 0.294. The second-order valence-electron chi connectivity index (χ2n) is 5.48. The highest BCUT2D eigenvalue weighted by atomic mass is 32.2. The molecule has 0 radical (unpaired) electrons. The van der Waals surface area contributed by atoms with Gasteiger partial charge in [0.2, 0.25) is 10.0 Å². The maximum absolute atomic E-state index is 11.6. The highest BCUT2D eigenvalue weighted by molar-refractivity contribution is 7.89. The SMILES string of the molecule is CCOc1ccc(S(N)(=O)=O)cc1-c1ccc(OC2CC2)cc1. The number of sulfonamides is 1. The highest BCUT2D eigenvalue weighted by Gasteiger charge is 2.23. The summed E-state index contributed by atoms with van der Waals surface area (Å²) in [5, 5.41) is 5.23. The van der Waals surface area contributed by atoms with E-state index < -0.39 is 10.0 Å². The minimum absolute atomic E-state index is 0.0641.